The Bertz CT molecular complexity index is 221. The van der Waals surface area contributed by atoms with Crippen molar-refractivity contribution in [2.45, 2.75) is 19.6 Å². The fourth-order valence-electron chi connectivity index (χ4n) is 0.855. The molecule has 0 saturated carbocycles. The van der Waals surface area contributed by atoms with Crippen LogP contribution in [0.5, 0.6) is 0 Å². The van der Waals surface area contributed by atoms with Crippen molar-refractivity contribution >= 4 is 0 Å². The van der Waals surface area contributed by atoms with Crippen LogP contribution in [0.3, 0.4) is 0 Å². The molecule has 0 fully saturated rings. The first-order chi connectivity index (χ1) is 5.22. The highest BCUT2D eigenvalue weighted by atomic mass is 16.3. The maximum absolute atomic E-state index is 9.13. The summed E-state index contributed by atoms with van der Waals surface area (Å²) in [7, 11) is 0. The molecule has 0 amide bonds. The van der Waals surface area contributed by atoms with E-state index in [0.717, 1.165) is 5.69 Å². The molecule has 0 aliphatic carbocycles. The fourth-order valence-corrected chi connectivity index (χ4v) is 0.855. The molecule has 0 aliphatic heterocycles. The van der Waals surface area contributed by atoms with Crippen LogP contribution in [0.4, 0.5) is 0 Å². The molecular weight excluding hydrogens is 142 g/mol. The number of nitrogens with zero attached hydrogens (tertiary/aromatic N) is 2. The molecule has 0 spiro atoms. The quantitative estimate of drug-likeness (QED) is 0.619. The van der Waals surface area contributed by atoms with Crippen LogP contribution in [0.25, 0.3) is 0 Å². The van der Waals surface area contributed by atoms with E-state index < -0.39 is 6.10 Å². The molecule has 1 aromatic rings. The lowest BCUT2D eigenvalue weighted by atomic mass is 10.4. The molecule has 11 heavy (non-hydrogen) atoms. The number of aryl methyl sites for hydroxylation is 1. The second-order valence-corrected chi connectivity index (χ2v) is 2.57. The van der Waals surface area contributed by atoms with E-state index in [9.17, 15) is 0 Å². The van der Waals surface area contributed by atoms with Gasteiger partial charge in [0.2, 0.25) is 0 Å². The summed E-state index contributed by atoms with van der Waals surface area (Å²) in [6.07, 6.45) is 1.34. The normalized spacial score (nSPS) is 13.4. The Hall–Kier alpha value is -0.870. The van der Waals surface area contributed by atoms with Gasteiger partial charge in [0.05, 0.1) is 18.3 Å². The fraction of sp³-hybridized carbons (Fsp3) is 0.571. The van der Waals surface area contributed by atoms with Crippen LogP contribution in [-0.4, -0.2) is 27.5 Å². The molecule has 1 unspecified atom stereocenters. The second kappa shape index (κ2) is 3.50. The summed E-state index contributed by atoms with van der Waals surface area (Å²) in [4.78, 5) is 0. The van der Waals surface area contributed by atoms with Crippen LogP contribution in [-0.2, 0) is 6.54 Å². The average Bonchev–Trinajstić information content (AvgIpc) is 2.35. The van der Waals surface area contributed by atoms with Crippen LogP contribution < -0.4 is 5.73 Å². The third-order valence-electron chi connectivity index (χ3n) is 1.44. The molecule has 0 bridgehead atoms. The predicted molar refractivity (Wildman–Crippen MR) is 42.0 cm³/mol. The van der Waals surface area contributed by atoms with Gasteiger partial charge in [0, 0.05) is 12.7 Å². The number of nitrogens with two attached hydrogens (primary N) is 1. The molecular formula is C7H13N3O. The van der Waals surface area contributed by atoms with Gasteiger partial charge in [-0.25, -0.2) is 0 Å². The lowest BCUT2D eigenvalue weighted by Gasteiger charge is -2.06. The van der Waals surface area contributed by atoms with Gasteiger partial charge >= 0.3 is 0 Å². The van der Waals surface area contributed by atoms with Crippen molar-refractivity contribution in [1.82, 2.24) is 9.78 Å². The Morgan fingerprint density at radius 1 is 1.82 bits per heavy atom. The number of aromatic nitrogens is 2. The smallest absolute Gasteiger partial charge is 0.0857 e. The predicted octanol–water partition coefficient (Wildman–Crippen LogP) is -0.489. The highest BCUT2D eigenvalue weighted by molar-refractivity contribution is 4.94. The summed E-state index contributed by atoms with van der Waals surface area (Å²) in [5.41, 5.74) is 6.19. The summed E-state index contributed by atoms with van der Waals surface area (Å²) in [5, 5.41) is 13.2. The van der Waals surface area contributed by atoms with Crippen molar-refractivity contribution in [3.8, 4) is 0 Å². The standard InChI is InChI=1S/C7H13N3O/c1-6-2-3-10(9-6)5-7(11)4-8/h2-3,7,11H,4-5,8H2,1H3. The van der Waals surface area contributed by atoms with Gasteiger partial charge in [0.15, 0.2) is 0 Å². The Morgan fingerprint density at radius 3 is 3.00 bits per heavy atom. The molecule has 0 aromatic carbocycles. The van der Waals surface area contributed by atoms with Crippen LogP contribution in [0, 0.1) is 6.92 Å². The minimum Gasteiger partial charge on any atom is -0.390 e. The van der Waals surface area contributed by atoms with Crippen molar-refractivity contribution in [2.24, 2.45) is 5.73 Å². The molecule has 62 valence electrons. The van der Waals surface area contributed by atoms with Crippen LogP contribution >= 0.6 is 0 Å². The summed E-state index contributed by atoms with van der Waals surface area (Å²) < 4.78 is 1.69. The Kier molecular flexibility index (Phi) is 2.62. The van der Waals surface area contributed by atoms with Gasteiger partial charge in [-0.2, -0.15) is 5.10 Å². The summed E-state index contributed by atoms with van der Waals surface area (Å²) in [6.45, 7) is 2.66. The first kappa shape index (κ1) is 8.23. The van der Waals surface area contributed by atoms with Crippen molar-refractivity contribution in [1.29, 1.82) is 0 Å². The van der Waals surface area contributed by atoms with Gasteiger partial charge in [0.25, 0.3) is 0 Å². The van der Waals surface area contributed by atoms with E-state index in [2.05, 4.69) is 5.10 Å². The van der Waals surface area contributed by atoms with E-state index in [1.165, 1.54) is 0 Å². The van der Waals surface area contributed by atoms with Gasteiger partial charge in [-0.1, -0.05) is 0 Å². The zero-order valence-electron chi connectivity index (χ0n) is 6.57. The van der Waals surface area contributed by atoms with Crippen molar-refractivity contribution in [2.75, 3.05) is 6.54 Å². The Labute approximate surface area is 65.6 Å². The first-order valence-corrected chi connectivity index (χ1v) is 3.60. The highest BCUT2D eigenvalue weighted by Crippen LogP contribution is 1.93. The Morgan fingerprint density at radius 2 is 2.55 bits per heavy atom. The van der Waals surface area contributed by atoms with Crippen molar-refractivity contribution < 1.29 is 5.11 Å². The van der Waals surface area contributed by atoms with Gasteiger partial charge in [0.1, 0.15) is 0 Å². The topological polar surface area (TPSA) is 64.1 Å². The van der Waals surface area contributed by atoms with Crippen LogP contribution in [0.1, 0.15) is 5.69 Å². The summed E-state index contributed by atoms with van der Waals surface area (Å²) in [6, 6.07) is 1.89. The van der Waals surface area contributed by atoms with Crippen molar-refractivity contribution in [3.05, 3.63) is 18.0 Å². The first-order valence-electron chi connectivity index (χ1n) is 3.60. The molecule has 1 aromatic heterocycles. The van der Waals surface area contributed by atoms with Gasteiger partial charge in [-0.15, -0.1) is 0 Å². The summed E-state index contributed by atoms with van der Waals surface area (Å²) >= 11 is 0. The van der Waals surface area contributed by atoms with Crippen molar-refractivity contribution in [3.63, 3.8) is 0 Å². The van der Waals surface area contributed by atoms with Crippen LogP contribution in [0.2, 0.25) is 0 Å². The molecule has 3 N–H and O–H groups in total. The SMILES string of the molecule is Cc1ccn(CC(O)CN)n1. The van der Waals surface area contributed by atoms with Gasteiger partial charge < -0.3 is 10.8 Å². The van der Waals surface area contributed by atoms with Gasteiger partial charge in [-0.3, -0.25) is 4.68 Å². The zero-order chi connectivity index (χ0) is 8.27. The number of hydrogen-bond donors (Lipinski definition) is 2. The molecule has 4 nitrogen and oxygen atoms in total. The minimum atomic E-state index is -0.491. The molecule has 0 aliphatic rings. The molecule has 0 radical (unpaired) electrons. The molecule has 1 heterocycles. The average molecular weight is 155 g/mol. The molecule has 0 saturated heterocycles. The minimum absolute atomic E-state index is 0.277. The number of aliphatic hydroxyl groups excluding tert-OH is 1. The third-order valence-corrected chi connectivity index (χ3v) is 1.44. The largest absolute Gasteiger partial charge is 0.390 e. The Balaban J connectivity index is 2.50. The second-order valence-electron chi connectivity index (χ2n) is 2.57. The summed E-state index contributed by atoms with van der Waals surface area (Å²) in [5.74, 6) is 0. The van der Waals surface area contributed by atoms with E-state index in [4.69, 9.17) is 10.8 Å². The maximum atomic E-state index is 9.13. The monoisotopic (exact) mass is 155 g/mol. The van der Waals surface area contributed by atoms with Gasteiger partial charge in [-0.05, 0) is 13.0 Å². The lowest BCUT2D eigenvalue weighted by Crippen LogP contribution is -2.25. The molecule has 4 heteroatoms. The number of rotatable bonds is 3. The molecule has 1 atom stereocenters. The third kappa shape index (κ3) is 2.32. The van der Waals surface area contributed by atoms with E-state index in [1.807, 2.05) is 19.2 Å². The van der Waals surface area contributed by atoms with E-state index in [-0.39, 0.29) is 6.54 Å². The van der Waals surface area contributed by atoms with E-state index in [1.54, 1.807) is 4.68 Å². The van der Waals surface area contributed by atoms with Crippen LogP contribution in [0.15, 0.2) is 12.3 Å². The van der Waals surface area contributed by atoms with E-state index in [0.29, 0.717) is 6.54 Å². The maximum Gasteiger partial charge on any atom is 0.0857 e. The zero-order valence-corrected chi connectivity index (χ0v) is 6.57. The molecule has 1 rings (SSSR count). The number of hydrogen-bond acceptors (Lipinski definition) is 3. The van der Waals surface area contributed by atoms with E-state index >= 15 is 0 Å². The highest BCUT2D eigenvalue weighted by Gasteiger charge is 2.01. The lowest BCUT2D eigenvalue weighted by molar-refractivity contribution is 0.157. The number of aliphatic hydroxyl groups is 1.